The van der Waals surface area contributed by atoms with Crippen molar-refractivity contribution in [1.29, 1.82) is 0 Å². The summed E-state index contributed by atoms with van der Waals surface area (Å²) >= 11 is 0. The van der Waals surface area contributed by atoms with Crippen LogP contribution in [0, 0.1) is 0 Å². The van der Waals surface area contributed by atoms with E-state index in [1.165, 1.54) is 0 Å². The summed E-state index contributed by atoms with van der Waals surface area (Å²) in [7, 11) is 0. The molecular weight excluding hydrogens is 182 g/mol. The van der Waals surface area contributed by atoms with Gasteiger partial charge in [-0.05, 0) is 26.7 Å². The second-order valence-electron chi connectivity index (χ2n) is 4.06. The maximum atomic E-state index is 6.24. The van der Waals surface area contributed by atoms with E-state index < -0.39 is 5.54 Å². The van der Waals surface area contributed by atoms with Crippen molar-refractivity contribution in [3.05, 3.63) is 5.82 Å². The highest BCUT2D eigenvalue weighted by Gasteiger charge is 2.39. The van der Waals surface area contributed by atoms with Crippen molar-refractivity contribution < 1.29 is 4.74 Å². The molecule has 6 nitrogen and oxygen atoms in total. The Kier molecular flexibility index (Phi) is 2.24. The van der Waals surface area contributed by atoms with E-state index in [-0.39, 0.29) is 12.2 Å². The van der Waals surface area contributed by atoms with Crippen LogP contribution in [0.5, 0.6) is 0 Å². The SMILES string of the molecule is CC1CC(N)(c2nn[nH]n2)CC(C)O1. The Morgan fingerprint density at radius 3 is 2.57 bits per heavy atom. The van der Waals surface area contributed by atoms with Gasteiger partial charge >= 0.3 is 0 Å². The van der Waals surface area contributed by atoms with Gasteiger partial charge in [0.05, 0.1) is 17.7 Å². The first kappa shape index (κ1) is 9.54. The molecule has 0 aliphatic carbocycles. The van der Waals surface area contributed by atoms with Gasteiger partial charge in [0.15, 0.2) is 5.82 Å². The number of rotatable bonds is 1. The Morgan fingerprint density at radius 1 is 1.43 bits per heavy atom. The number of ether oxygens (including phenoxy) is 1. The van der Waals surface area contributed by atoms with Gasteiger partial charge in [0.25, 0.3) is 0 Å². The summed E-state index contributed by atoms with van der Waals surface area (Å²) in [6.45, 7) is 4.02. The summed E-state index contributed by atoms with van der Waals surface area (Å²) in [5.74, 6) is 0.583. The molecule has 0 amide bonds. The topological polar surface area (TPSA) is 89.7 Å². The third kappa shape index (κ3) is 1.62. The van der Waals surface area contributed by atoms with Crippen LogP contribution >= 0.6 is 0 Å². The van der Waals surface area contributed by atoms with Crippen LogP contribution in [0.3, 0.4) is 0 Å². The van der Waals surface area contributed by atoms with Gasteiger partial charge in [-0.3, -0.25) is 0 Å². The molecule has 2 unspecified atom stereocenters. The van der Waals surface area contributed by atoms with Crippen LogP contribution in [0.15, 0.2) is 0 Å². The fourth-order valence-corrected chi connectivity index (χ4v) is 2.16. The highest BCUT2D eigenvalue weighted by molar-refractivity contribution is 5.04. The fourth-order valence-electron chi connectivity index (χ4n) is 2.16. The maximum absolute atomic E-state index is 6.24. The lowest BCUT2D eigenvalue weighted by molar-refractivity contribution is -0.0637. The zero-order valence-corrected chi connectivity index (χ0v) is 8.40. The second-order valence-corrected chi connectivity index (χ2v) is 4.06. The summed E-state index contributed by atoms with van der Waals surface area (Å²) in [6.07, 6.45) is 1.75. The number of H-pyrrole nitrogens is 1. The van der Waals surface area contributed by atoms with Gasteiger partial charge < -0.3 is 10.5 Å². The molecule has 2 heterocycles. The molecule has 78 valence electrons. The number of tetrazole rings is 1. The van der Waals surface area contributed by atoms with Crippen molar-refractivity contribution in [2.75, 3.05) is 0 Å². The Hall–Kier alpha value is -1.01. The van der Waals surface area contributed by atoms with Crippen molar-refractivity contribution in [2.24, 2.45) is 5.73 Å². The van der Waals surface area contributed by atoms with Crippen molar-refractivity contribution in [3.8, 4) is 0 Å². The van der Waals surface area contributed by atoms with Crippen LogP contribution in [0.4, 0.5) is 0 Å². The zero-order chi connectivity index (χ0) is 10.2. The quantitative estimate of drug-likeness (QED) is 0.658. The molecule has 1 aromatic rings. The summed E-state index contributed by atoms with van der Waals surface area (Å²) in [5.41, 5.74) is 5.74. The van der Waals surface area contributed by atoms with Crippen LogP contribution in [0.25, 0.3) is 0 Å². The first-order valence-electron chi connectivity index (χ1n) is 4.78. The molecule has 0 saturated carbocycles. The van der Waals surface area contributed by atoms with Gasteiger partial charge in [-0.2, -0.15) is 5.21 Å². The lowest BCUT2D eigenvalue weighted by Gasteiger charge is -2.37. The predicted molar refractivity (Wildman–Crippen MR) is 49.3 cm³/mol. The molecule has 2 rings (SSSR count). The third-order valence-corrected chi connectivity index (χ3v) is 2.56. The average molecular weight is 197 g/mol. The predicted octanol–water partition coefficient (Wildman–Crippen LogP) is -0.0589. The van der Waals surface area contributed by atoms with Crippen molar-refractivity contribution in [2.45, 2.75) is 44.4 Å². The number of hydrogen-bond donors (Lipinski definition) is 2. The Balaban J connectivity index is 2.22. The summed E-state index contributed by atoms with van der Waals surface area (Å²) < 4.78 is 5.61. The summed E-state index contributed by atoms with van der Waals surface area (Å²) in [5, 5.41) is 13.9. The van der Waals surface area contributed by atoms with Gasteiger partial charge in [-0.15, -0.1) is 10.2 Å². The normalized spacial score (nSPS) is 38.5. The van der Waals surface area contributed by atoms with E-state index in [1.807, 2.05) is 13.8 Å². The molecule has 6 heteroatoms. The third-order valence-electron chi connectivity index (χ3n) is 2.56. The minimum absolute atomic E-state index is 0.141. The molecule has 0 bridgehead atoms. The van der Waals surface area contributed by atoms with Crippen molar-refractivity contribution >= 4 is 0 Å². The number of nitrogens with zero attached hydrogens (tertiary/aromatic N) is 3. The van der Waals surface area contributed by atoms with Crippen LogP contribution in [-0.4, -0.2) is 32.8 Å². The summed E-state index contributed by atoms with van der Waals surface area (Å²) in [6, 6.07) is 0. The van der Waals surface area contributed by atoms with E-state index in [1.54, 1.807) is 0 Å². The monoisotopic (exact) mass is 197 g/mol. The Bertz CT molecular complexity index is 289. The lowest BCUT2D eigenvalue weighted by atomic mass is 9.84. The van der Waals surface area contributed by atoms with Crippen molar-refractivity contribution in [3.63, 3.8) is 0 Å². The number of aromatic nitrogens is 4. The number of hydrogen-bond acceptors (Lipinski definition) is 5. The number of nitrogens with two attached hydrogens (primary N) is 1. The average Bonchev–Trinajstić information content (AvgIpc) is 2.52. The minimum Gasteiger partial charge on any atom is -0.375 e. The minimum atomic E-state index is -0.496. The standard InChI is InChI=1S/C8H15N5O/c1-5-3-8(9,4-6(2)14-5)7-10-12-13-11-7/h5-6H,3-4,9H2,1-2H3,(H,10,11,12,13). The molecule has 1 aliphatic heterocycles. The first-order chi connectivity index (χ1) is 6.60. The van der Waals surface area contributed by atoms with Crippen molar-refractivity contribution in [1.82, 2.24) is 20.6 Å². The Labute approximate surface area is 82.2 Å². The van der Waals surface area contributed by atoms with Gasteiger partial charge in [0, 0.05) is 0 Å². The molecule has 1 saturated heterocycles. The largest absolute Gasteiger partial charge is 0.375 e. The van der Waals surface area contributed by atoms with E-state index in [0.29, 0.717) is 5.82 Å². The van der Waals surface area contributed by atoms with Crippen LogP contribution in [0.2, 0.25) is 0 Å². The molecule has 0 radical (unpaired) electrons. The van der Waals surface area contributed by atoms with E-state index in [9.17, 15) is 0 Å². The maximum Gasteiger partial charge on any atom is 0.194 e. The smallest absolute Gasteiger partial charge is 0.194 e. The first-order valence-corrected chi connectivity index (χ1v) is 4.78. The second kappa shape index (κ2) is 3.29. The van der Waals surface area contributed by atoms with E-state index in [0.717, 1.165) is 12.8 Å². The molecule has 0 aromatic carbocycles. The molecular formula is C8H15N5O. The van der Waals surface area contributed by atoms with Crippen LogP contribution < -0.4 is 5.73 Å². The Morgan fingerprint density at radius 2 is 2.07 bits per heavy atom. The van der Waals surface area contributed by atoms with Gasteiger partial charge in [-0.25, -0.2) is 0 Å². The zero-order valence-electron chi connectivity index (χ0n) is 8.40. The van der Waals surface area contributed by atoms with Crippen LogP contribution in [-0.2, 0) is 10.3 Å². The van der Waals surface area contributed by atoms with Gasteiger partial charge in [-0.1, -0.05) is 5.21 Å². The molecule has 3 N–H and O–H groups in total. The molecule has 2 atom stereocenters. The highest BCUT2D eigenvalue weighted by atomic mass is 16.5. The van der Waals surface area contributed by atoms with E-state index in [2.05, 4.69) is 20.6 Å². The van der Waals surface area contributed by atoms with Gasteiger partial charge in [0.2, 0.25) is 0 Å². The number of nitrogens with one attached hydrogen (secondary N) is 1. The molecule has 1 fully saturated rings. The highest BCUT2D eigenvalue weighted by Crippen LogP contribution is 2.32. The summed E-state index contributed by atoms with van der Waals surface area (Å²) in [4.78, 5) is 0. The lowest BCUT2D eigenvalue weighted by Crippen LogP contribution is -2.48. The van der Waals surface area contributed by atoms with E-state index >= 15 is 0 Å². The number of aromatic amines is 1. The van der Waals surface area contributed by atoms with Crippen LogP contribution in [0.1, 0.15) is 32.5 Å². The molecule has 14 heavy (non-hydrogen) atoms. The fraction of sp³-hybridized carbons (Fsp3) is 0.875. The molecule has 0 spiro atoms. The van der Waals surface area contributed by atoms with E-state index in [4.69, 9.17) is 10.5 Å². The molecule has 1 aromatic heterocycles. The molecule has 1 aliphatic rings. The van der Waals surface area contributed by atoms with Gasteiger partial charge in [0.1, 0.15) is 0 Å².